The average molecular weight is 260 g/mol. The normalized spacial score (nSPS) is 10.4. The molecule has 0 saturated carbocycles. The van der Waals surface area contributed by atoms with Gasteiger partial charge in [0, 0.05) is 30.1 Å². The maximum absolute atomic E-state index is 12.2. The summed E-state index contributed by atoms with van der Waals surface area (Å²) in [7, 11) is 1.69. The molecule has 2 rings (SSSR count). The zero-order valence-electron chi connectivity index (χ0n) is 10.9. The Morgan fingerprint density at radius 2 is 1.89 bits per heavy atom. The topological polar surface area (TPSA) is 98.4 Å². The van der Waals surface area contributed by atoms with Gasteiger partial charge in [0.2, 0.25) is 0 Å². The third-order valence-electron chi connectivity index (χ3n) is 2.65. The van der Waals surface area contributed by atoms with Crippen molar-refractivity contribution in [1.82, 2.24) is 10.1 Å². The van der Waals surface area contributed by atoms with E-state index in [1.54, 1.807) is 38.2 Å². The number of amides is 1. The molecule has 6 heteroatoms. The highest BCUT2D eigenvalue weighted by Crippen LogP contribution is 2.16. The van der Waals surface area contributed by atoms with Crippen molar-refractivity contribution in [2.24, 2.45) is 0 Å². The Kier molecular flexibility index (Phi) is 3.41. The van der Waals surface area contributed by atoms with E-state index < -0.39 is 0 Å². The summed E-state index contributed by atoms with van der Waals surface area (Å²) in [5.41, 5.74) is 13.4. The van der Waals surface area contributed by atoms with Crippen LogP contribution in [-0.2, 0) is 6.54 Å². The van der Waals surface area contributed by atoms with Crippen LogP contribution >= 0.6 is 0 Å². The Labute approximate surface area is 111 Å². The fourth-order valence-electron chi connectivity index (χ4n) is 1.83. The smallest absolute Gasteiger partial charge is 0.254 e. The van der Waals surface area contributed by atoms with Gasteiger partial charge in [-0.1, -0.05) is 5.16 Å². The van der Waals surface area contributed by atoms with Crippen LogP contribution in [0.4, 0.5) is 11.4 Å². The van der Waals surface area contributed by atoms with E-state index in [0.29, 0.717) is 34.9 Å². The molecule has 100 valence electrons. The summed E-state index contributed by atoms with van der Waals surface area (Å²) in [4.78, 5) is 13.7. The lowest BCUT2D eigenvalue weighted by molar-refractivity contribution is 0.0782. The first kappa shape index (κ1) is 12.9. The van der Waals surface area contributed by atoms with Crippen LogP contribution in [0.1, 0.15) is 21.8 Å². The number of carbonyl (C=O) groups excluding carboxylic acids is 1. The molecule has 1 aromatic heterocycles. The van der Waals surface area contributed by atoms with Crippen LogP contribution in [0.2, 0.25) is 0 Å². The second-order valence-corrected chi connectivity index (χ2v) is 4.48. The first-order valence-corrected chi connectivity index (χ1v) is 5.79. The van der Waals surface area contributed by atoms with Gasteiger partial charge in [0.05, 0.1) is 6.54 Å². The van der Waals surface area contributed by atoms with Crippen LogP contribution in [0.3, 0.4) is 0 Å². The molecule has 0 aliphatic rings. The third kappa shape index (κ3) is 3.04. The van der Waals surface area contributed by atoms with Crippen molar-refractivity contribution in [3.8, 4) is 0 Å². The van der Waals surface area contributed by atoms with Gasteiger partial charge in [-0.3, -0.25) is 4.79 Å². The number of nitrogen functional groups attached to an aromatic ring is 2. The molecule has 4 N–H and O–H groups in total. The van der Waals surface area contributed by atoms with E-state index in [1.165, 1.54) is 4.90 Å². The number of anilines is 2. The van der Waals surface area contributed by atoms with Gasteiger partial charge in [0.25, 0.3) is 5.91 Å². The Morgan fingerprint density at radius 3 is 2.42 bits per heavy atom. The van der Waals surface area contributed by atoms with Crippen molar-refractivity contribution in [3.63, 3.8) is 0 Å². The molecule has 1 amide bonds. The molecule has 0 atom stereocenters. The van der Waals surface area contributed by atoms with Crippen molar-refractivity contribution in [2.75, 3.05) is 18.5 Å². The monoisotopic (exact) mass is 260 g/mol. The molecule has 0 spiro atoms. The van der Waals surface area contributed by atoms with Crippen molar-refractivity contribution < 1.29 is 9.32 Å². The molecule has 0 radical (unpaired) electrons. The molecule has 1 heterocycles. The Hall–Kier alpha value is -2.50. The fraction of sp³-hybridized carbons (Fsp3) is 0.231. The Bertz CT molecular complexity index is 586. The maximum atomic E-state index is 12.2. The number of rotatable bonds is 3. The number of carbonyl (C=O) groups is 1. The molecular formula is C13H16N4O2. The van der Waals surface area contributed by atoms with Crippen LogP contribution in [0.5, 0.6) is 0 Å². The maximum Gasteiger partial charge on any atom is 0.254 e. The van der Waals surface area contributed by atoms with E-state index >= 15 is 0 Å². The number of benzene rings is 1. The summed E-state index contributed by atoms with van der Waals surface area (Å²) in [6, 6.07) is 6.60. The number of hydrogen-bond donors (Lipinski definition) is 2. The highest BCUT2D eigenvalue weighted by atomic mass is 16.5. The van der Waals surface area contributed by atoms with Crippen LogP contribution in [-0.4, -0.2) is 23.0 Å². The van der Waals surface area contributed by atoms with E-state index in [9.17, 15) is 4.79 Å². The molecule has 0 unspecified atom stereocenters. The lowest BCUT2D eigenvalue weighted by atomic mass is 10.1. The molecule has 2 aromatic rings. The number of aromatic nitrogens is 1. The fourth-order valence-corrected chi connectivity index (χ4v) is 1.83. The lowest BCUT2D eigenvalue weighted by Gasteiger charge is -2.16. The highest BCUT2D eigenvalue weighted by molar-refractivity contribution is 5.95. The standard InChI is InChI=1S/C13H16N4O2/c1-8-3-12(16-19-8)7-17(2)13(18)9-4-10(14)6-11(15)5-9/h3-6H,7,14-15H2,1-2H3. The summed E-state index contributed by atoms with van der Waals surface area (Å²) < 4.78 is 4.96. The van der Waals surface area contributed by atoms with Gasteiger partial charge in [-0.05, 0) is 25.1 Å². The summed E-state index contributed by atoms with van der Waals surface area (Å²) >= 11 is 0. The van der Waals surface area contributed by atoms with Gasteiger partial charge < -0.3 is 20.9 Å². The number of nitrogens with zero attached hydrogens (tertiary/aromatic N) is 2. The largest absolute Gasteiger partial charge is 0.399 e. The minimum atomic E-state index is -0.167. The zero-order valence-corrected chi connectivity index (χ0v) is 10.9. The second-order valence-electron chi connectivity index (χ2n) is 4.48. The SMILES string of the molecule is Cc1cc(CN(C)C(=O)c2cc(N)cc(N)c2)no1. The summed E-state index contributed by atoms with van der Waals surface area (Å²) in [6.07, 6.45) is 0. The lowest BCUT2D eigenvalue weighted by Crippen LogP contribution is -2.26. The van der Waals surface area contributed by atoms with Gasteiger partial charge in [-0.15, -0.1) is 0 Å². The highest BCUT2D eigenvalue weighted by Gasteiger charge is 2.14. The van der Waals surface area contributed by atoms with E-state index in [1.807, 2.05) is 0 Å². The first-order valence-electron chi connectivity index (χ1n) is 5.79. The molecule has 0 bridgehead atoms. The first-order chi connectivity index (χ1) is 8.95. The van der Waals surface area contributed by atoms with Gasteiger partial charge >= 0.3 is 0 Å². The van der Waals surface area contributed by atoms with Crippen LogP contribution in [0.25, 0.3) is 0 Å². The number of nitrogens with two attached hydrogens (primary N) is 2. The van der Waals surface area contributed by atoms with E-state index in [4.69, 9.17) is 16.0 Å². The Balaban J connectivity index is 2.14. The molecule has 0 saturated heterocycles. The van der Waals surface area contributed by atoms with E-state index in [0.717, 1.165) is 0 Å². The van der Waals surface area contributed by atoms with E-state index in [-0.39, 0.29) is 5.91 Å². The average Bonchev–Trinajstić information content (AvgIpc) is 2.72. The van der Waals surface area contributed by atoms with Crippen molar-refractivity contribution in [2.45, 2.75) is 13.5 Å². The molecule has 19 heavy (non-hydrogen) atoms. The molecule has 6 nitrogen and oxygen atoms in total. The van der Waals surface area contributed by atoms with Gasteiger partial charge in [-0.25, -0.2) is 0 Å². The zero-order chi connectivity index (χ0) is 14.0. The minimum Gasteiger partial charge on any atom is -0.399 e. The molecule has 0 aliphatic carbocycles. The Morgan fingerprint density at radius 1 is 1.26 bits per heavy atom. The van der Waals surface area contributed by atoms with Crippen molar-refractivity contribution in [1.29, 1.82) is 0 Å². The molecule has 0 aliphatic heterocycles. The number of hydrogen-bond acceptors (Lipinski definition) is 5. The molecule has 0 fully saturated rings. The number of aryl methyl sites for hydroxylation is 1. The van der Waals surface area contributed by atoms with Crippen LogP contribution in [0.15, 0.2) is 28.8 Å². The summed E-state index contributed by atoms with van der Waals surface area (Å²) in [6.45, 7) is 2.17. The van der Waals surface area contributed by atoms with Crippen molar-refractivity contribution >= 4 is 17.3 Å². The van der Waals surface area contributed by atoms with E-state index in [2.05, 4.69) is 5.16 Å². The third-order valence-corrected chi connectivity index (χ3v) is 2.65. The van der Waals surface area contributed by atoms with Gasteiger partial charge in [0.15, 0.2) is 0 Å². The predicted molar refractivity (Wildman–Crippen MR) is 72.3 cm³/mol. The minimum absolute atomic E-state index is 0.167. The van der Waals surface area contributed by atoms with Gasteiger partial charge in [-0.2, -0.15) is 0 Å². The van der Waals surface area contributed by atoms with Gasteiger partial charge in [0.1, 0.15) is 11.5 Å². The van der Waals surface area contributed by atoms with Crippen LogP contribution < -0.4 is 11.5 Å². The summed E-state index contributed by atoms with van der Waals surface area (Å²) in [5.74, 6) is 0.545. The second kappa shape index (κ2) is 5.01. The van der Waals surface area contributed by atoms with Crippen molar-refractivity contribution in [3.05, 3.63) is 41.3 Å². The molecular weight excluding hydrogens is 244 g/mol. The quantitative estimate of drug-likeness (QED) is 0.813. The molecule has 1 aromatic carbocycles. The predicted octanol–water partition coefficient (Wildman–Crippen LogP) is 1.42. The summed E-state index contributed by atoms with van der Waals surface area (Å²) in [5, 5.41) is 3.85. The van der Waals surface area contributed by atoms with Crippen LogP contribution in [0, 0.1) is 6.92 Å².